The van der Waals surface area contributed by atoms with Gasteiger partial charge in [0.2, 0.25) is 5.91 Å². The number of sulfone groups is 1. The van der Waals surface area contributed by atoms with E-state index in [0.29, 0.717) is 15.6 Å². The maximum absolute atomic E-state index is 12.0. The van der Waals surface area contributed by atoms with Crippen LogP contribution in [-0.4, -0.2) is 25.1 Å². The quantitative estimate of drug-likeness (QED) is 0.891. The molecular weight excluding hydrogens is 347 g/mol. The molecule has 0 saturated heterocycles. The van der Waals surface area contributed by atoms with E-state index in [0.717, 1.165) is 0 Å². The summed E-state index contributed by atoms with van der Waals surface area (Å²) in [6.07, 6.45) is 1.36. The zero-order valence-electron chi connectivity index (χ0n) is 11.3. The molecule has 5 nitrogen and oxygen atoms in total. The molecule has 2 aromatic rings. The molecule has 0 aliphatic carbocycles. The molecular formula is C14H12Cl2N2O3S. The van der Waals surface area contributed by atoms with Crippen molar-refractivity contribution in [1.29, 1.82) is 0 Å². The van der Waals surface area contributed by atoms with Gasteiger partial charge < -0.3 is 5.32 Å². The van der Waals surface area contributed by atoms with Gasteiger partial charge in [0.1, 0.15) is 11.6 Å². The summed E-state index contributed by atoms with van der Waals surface area (Å²) >= 11 is 11.4. The van der Waals surface area contributed by atoms with Crippen molar-refractivity contribution in [2.45, 2.75) is 5.75 Å². The summed E-state index contributed by atoms with van der Waals surface area (Å²) in [5.41, 5.74) is 0.571. The smallest absolute Gasteiger partial charge is 0.240 e. The molecule has 0 bridgehead atoms. The second kappa shape index (κ2) is 7.09. The maximum atomic E-state index is 12.0. The number of halogens is 2. The van der Waals surface area contributed by atoms with E-state index in [9.17, 15) is 13.2 Å². The molecule has 1 N–H and O–H groups in total. The zero-order chi connectivity index (χ0) is 16.2. The van der Waals surface area contributed by atoms with E-state index < -0.39 is 21.5 Å². The highest BCUT2D eigenvalue weighted by molar-refractivity contribution is 7.91. The number of pyridine rings is 1. The van der Waals surface area contributed by atoms with Crippen LogP contribution in [0.15, 0.2) is 42.6 Å². The number of carbonyl (C=O) groups is 1. The van der Waals surface area contributed by atoms with Crippen molar-refractivity contribution in [1.82, 2.24) is 4.98 Å². The second-order valence-corrected chi connectivity index (χ2v) is 7.51. The number of carbonyl (C=O) groups excluding carboxylic acids is 1. The number of rotatable bonds is 5. The van der Waals surface area contributed by atoms with Crippen LogP contribution in [0.4, 0.5) is 5.82 Å². The summed E-state index contributed by atoms with van der Waals surface area (Å²) in [6, 6.07) is 9.46. The highest BCUT2D eigenvalue weighted by Crippen LogP contribution is 2.13. The van der Waals surface area contributed by atoms with Crippen molar-refractivity contribution < 1.29 is 13.2 Å². The summed E-state index contributed by atoms with van der Waals surface area (Å²) in [4.78, 5) is 15.6. The lowest BCUT2D eigenvalue weighted by atomic mass is 10.2. The monoisotopic (exact) mass is 358 g/mol. The molecule has 0 aliphatic rings. The highest BCUT2D eigenvalue weighted by Gasteiger charge is 2.18. The molecule has 0 atom stereocenters. The molecule has 8 heteroatoms. The highest BCUT2D eigenvalue weighted by atomic mass is 35.5. The SMILES string of the molecule is O=C(CS(=O)(=O)Cc1ccc(Cl)cc1)Nc1ccc(Cl)cn1. The van der Waals surface area contributed by atoms with Crippen molar-refractivity contribution in [3.8, 4) is 0 Å². The molecule has 0 fully saturated rings. The van der Waals surface area contributed by atoms with E-state index in [-0.39, 0.29) is 11.6 Å². The third-order valence-corrected chi connectivity index (χ3v) is 4.60. The second-order valence-electron chi connectivity index (χ2n) is 4.57. The van der Waals surface area contributed by atoms with Crippen molar-refractivity contribution in [2.24, 2.45) is 0 Å². The van der Waals surface area contributed by atoms with Crippen LogP contribution in [0.2, 0.25) is 10.0 Å². The van der Waals surface area contributed by atoms with E-state index in [2.05, 4.69) is 10.3 Å². The number of amides is 1. The lowest BCUT2D eigenvalue weighted by molar-refractivity contribution is -0.113. The van der Waals surface area contributed by atoms with Gasteiger partial charge in [-0.15, -0.1) is 0 Å². The van der Waals surface area contributed by atoms with Crippen molar-refractivity contribution in [3.63, 3.8) is 0 Å². The predicted molar refractivity (Wildman–Crippen MR) is 86.8 cm³/mol. The van der Waals surface area contributed by atoms with Gasteiger partial charge >= 0.3 is 0 Å². The third-order valence-electron chi connectivity index (χ3n) is 2.65. The first-order chi connectivity index (χ1) is 10.3. The number of nitrogens with zero attached hydrogens (tertiary/aromatic N) is 1. The largest absolute Gasteiger partial charge is 0.310 e. The summed E-state index contributed by atoms with van der Waals surface area (Å²) in [6.45, 7) is 0. The lowest BCUT2D eigenvalue weighted by Crippen LogP contribution is -2.24. The average Bonchev–Trinajstić information content (AvgIpc) is 2.43. The van der Waals surface area contributed by atoms with Crippen LogP contribution in [0.25, 0.3) is 0 Å². The molecule has 1 heterocycles. The lowest BCUT2D eigenvalue weighted by Gasteiger charge is -2.06. The summed E-state index contributed by atoms with van der Waals surface area (Å²) in [5.74, 6) is -1.26. The fourth-order valence-corrected chi connectivity index (χ4v) is 3.23. The number of anilines is 1. The van der Waals surface area contributed by atoms with E-state index in [4.69, 9.17) is 23.2 Å². The minimum atomic E-state index is -3.58. The van der Waals surface area contributed by atoms with Gasteiger partial charge in [0.15, 0.2) is 9.84 Å². The number of hydrogen-bond acceptors (Lipinski definition) is 4. The molecule has 0 spiro atoms. The Labute approximate surface area is 138 Å². The Balaban J connectivity index is 1.97. The Hall–Kier alpha value is -1.63. The summed E-state index contributed by atoms with van der Waals surface area (Å²) < 4.78 is 24.0. The normalized spacial score (nSPS) is 11.2. The molecule has 0 unspecified atom stereocenters. The topological polar surface area (TPSA) is 76.1 Å². The minimum Gasteiger partial charge on any atom is -0.310 e. The van der Waals surface area contributed by atoms with Crippen LogP contribution in [0.3, 0.4) is 0 Å². The maximum Gasteiger partial charge on any atom is 0.240 e. The van der Waals surface area contributed by atoms with Crippen molar-refractivity contribution in [3.05, 3.63) is 58.2 Å². The van der Waals surface area contributed by atoms with Gasteiger partial charge in [-0.25, -0.2) is 13.4 Å². The number of aromatic nitrogens is 1. The molecule has 1 amide bonds. The molecule has 1 aromatic heterocycles. The Morgan fingerprint density at radius 3 is 2.27 bits per heavy atom. The number of hydrogen-bond donors (Lipinski definition) is 1. The third kappa shape index (κ3) is 5.29. The van der Waals surface area contributed by atoms with Gasteiger partial charge in [-0.1, -0.05) is 35.3 Å². The molecule has 116 valence electrons. The molecule has 2 rings (SSSR count). The van der Waals surface area contributed by atoms with Crippen LogP contribution in [0.1, 0.15) is 5.56 Å². The van der Waals surface area contributed by atoms with E-state index in [1.807, 2.05) is 0 Å². The van der Waals surface area contributed by atoms with Gasteiger partial charge in [-0.2, -0.15) is 0 Å². The fraction of sp³-hybridized carbons (Fsp3) is 0.143. The standard InChI is InChI=1S/C14H12Cl2N2O3S/c15-11-3-1-10(2-4-11)8-22(20,21)9-14(19)18-13-6-5-12(16)7-17-13/h1-7H,8-9H2,(H,17,18,19). The van der Waals surface area contributed by atoms with Gasteiger partial charge in [-0.3, -0.25) is 4.79 Å². The Bertz CT molecular complexity index is 760. The first-order valence-corrected chi connectivity index (χ1v) is 8.78. The molecule has 0 saturated carbocycles. The first kappa shape index (κ1) is 16.7. The number of benzene rings is 1. The van der Waals surface area contributed by atoms with E-state index in [1.165, 1.54) is 12.3 Å². The van der Waals surface area contributed by atoms with Crippen LogP contribution in [-0.2, 0) is 20.4 Å². The van der Waals surface area contributed by atoms with E-state index >= 15 is 0 Å². The number of nitrogens with one attached hydrogen (secondary N) is 1. The van der Waals surface area contributed by atoms with Crippen LogP contribution in [0.5, 0.6) is 0 Å². The Morgan fingerprint density at radius 2 is 1.68 bits per heavy atom. The van der Waals surface area contributed by atoms with Gasteiger partial charge in [0, 0.05) is 11.2 Å². The molecule has 1 aromatic carbocycles. The average molecular weight is 359 g/mol. The van der Waals surface area contributed by atoms with E-state index in [1.54, 1.807) is 30.3 Å². The first-order valence-electron chi connectivity index (χ1n) is 6.20. The molecule has 22 heavy (non-hydrogen) atoms. The summed E-state index contributed by atoms with van der Waals surface area (Å²) in [5, 5.41) is 3.36. The molecule has 0 radical (unpaired) electrons. The zero-order valence-corrected chi connectivity index (χ0v) is 13.6. The Kier molecular flexibility index (Phi) is 5.39. The van der Waals surface area contributed by atoms with Crippen LogP contribution < -0.4 is 5.32 Å². The predicted octanol–water partition coefficient (Wildman–Crippen LogP) is 2.94. The van der Waals surface area contributed by atoms with Crippen molar-refractivity contribution >= 4 is 44.8 Å². The minimum absolute atomic E-state index is 0.231. The van der Waals surface area contributed by atoms with Crippen LogP contribution in [0, 0.1) is 0 Å². The fourth-order valence-electron chi connectivity index (χ4n) is 1.71. The molecule has 0 aliphatic heterocycles. The van der Waals surface area contributed by atoms with Crippen molar-refractivity contribution in [2.75, 3.05) is 11.1 Å². The Morgan fingerprint density at radius 1 is 1.05 bits per heavy atom. The van der Waals surface area contributed by atoms with Gasteiger partial charge in [0.05, 0.1) is 10.8 Å². The van der Waals surface area contributed by atoms with Crippen LogP contribution >= 0.6 is 23.2 Å². The van der Waals surface area contributed by atoms with Gasteiger partial charge in [0.25, 0.3) is 0 Å². The van der Waals surface area contributed by atoms with Gasteiger partial charge in [-0.05, 0) is 29.8 Å². The summed E-state index contributed by atoms with van der Waals surface area (Å²) in [7, 11) is -3.58.